The van der Waals surface area contributed by atoms with Crippen LogP contribution in [0.15, 0.2) is 0 Å². The molecule has 1 aliphatic rings. The quantitative estimate of drug-likeness (QED) is 0.434. The summed E-state index contributed by atoms with van der Waals surface area (Å²) in [4.78, 5) is 0. The maximum Gasteiger partial charge on any atom is 0.155 e. The average Bonchev–Trinajstić information content (AvgIpc) is 2.01. The van der Waals surface area contributed by atoms with E-state index in [9.17, 15) is 4.39 Å². The first-order chi connectivity index (χ1) is 5.16. The molecule has 4 nitrogen and oxygen atoms in total. The van der Waals surface area contributed by atoms with E-state index in [0.717, 1.165) is 0 Å². The second kappa shape index (κ2) is 3.44. The topological polar surface area (TPSA) is 81.5 Å². The van der Waals surface area contributed by atoms with E-state index in [-0.39, 0.29) is 13.2 Å². The molecule has 5 heteroatoms. The Labute approximate surface area is 64.3 Å². The molecule has 0 aromatic rings. The summed E-state index contributed by atoms with van der Waals surface area (Å²) in [5, 5.41) is 9.11. The summed E-state index contributed by atoms with van der Waals surface area (Å²) < 4.78 is 17.9. The molecule has 1 heterocycles. The highest BCUT2D eigenvalue weighted by molar-refractivity contribution is 4.89. The number of alkyl halides is 1. The van der Waals surface area contributed by atoms with Crippen molar-refractivity contribution in [3.05, 3.63) is 0 Å². The van der Waals surface area contributed by atoms with Gasteiger partial charge in [0.15, 0.2) is 6.17 Å². The van der Waals surface area contributed by atoms with Gasteiger partial charge in [-0.25, -0.2) is 4.39 Å². The van der Waals surface area contributed by atoms with Crippen LogP contribution in [0.3, 0.4) is 0 Å². The van der Waals surface area contributed by atoms with Gasteiger partial charge in [-0.05, 0) is 0 Å². The summed E-state index contributed by atoms with van der Waals surface area (Å²) in [6.07, 6.45) is -3.30. The molecule has 0 aromatic heterocycles. The van der Waals surface area contributed by atoms with Crippen LogP contribution in [0.25, 0.3) is 0 Å². The summed E-state index contributed by atoms with van der Waals surface area (Å²) in [5.74, 6) is 0. The molecule has 1 fully saturated rings. The van der Waals surface area contributed by atoms with Crippen LogP contribution in [-0.4, -0.2) is 42.7 Å². The molecule has 0 amide bonds. The number of aliphatic hydroxyl groups excluding tert-OH is 1. The number of ether oxygens (including phenoxy) is 1. The third kappa shape index (κ3) is 1.67. The fraction of sp³-hybridized carbons (Fsp3) is 1.00. The lowest BCUT2D eigenvalue weighted by Gasteiger charge is -2.33. The SMILES string of the molecule is NCC1OCC(N)C(O)C1F. The zero-order valence-electron chi connectivity index (χ0n) is 6.11. The zero-order valence-corrected chi connectivity index (χ0v) is 6.11. The van der Waals surface area contributed by atoms with Gasteiger partial charge in [-0.2, -0.15) is 0 Å². The highest BCUT2D eigenvalue weighted by Crippen LogP contribution is 2.16. The van der Waals surface area contributed by atoms with Crippen molar-refractivity contribution in [2.45, 2.75) is 24.4 Å². The lowest BCUT2D eigenvalue weighted by molar-refractivity contribution is -0.109. The number of aliphatic hydroxyl groups is 1. The van der Waals surface area contributed by atoms with Crippen molar-refractivity contribution in [2.24, 2.45) is 11.5 Å². The van der Waals surface area contributed by atoms with Gasteiger partial charge in [0.05, 0.1) is 12.6 Å². The Hall–Kier alpha value is -0.230. The largest absolute Gasteiger partial charge is 0.388 e. The third-order valence-corrected chi connectivity index (χ3v) is 1.86. The minimum Gasteiger partial charge on any atom is -0.388 e. The van der Waals surface area contributed by atoms with Crippen LogP contribution in [0.5, 0.6) is 0 Å². The molecule has 4 unspecified atom stereocenters. The van der Waals surface area contributed by atoms with Crippen LogP contribution in [0.4, 0.5) is 4.39 Å². The summed E-state index contributed by atoms with van der Waals surface area (Å²) >= 11 is 0. The first-order valence-electron chi connectivity index (χ1n) is 3.56. The van der Waals surface area contributed by atoms with E-state index in [0.29, 0.717) is 0 Å². The average molecular weight is 164 g/mol. The zero-order chi connectivity index (χ0) is 8.43. The molecule has 0 bridgehead atoms. The molecule has 1 saturated heterocycles. The van der Waals surface area contributed by atoms with Crippen molar-refractivity contribution in [1.82, 2.24) is 0 Å². The fourth-order valence-corrected chi connectivity index (χ4v) is 1.08. The highest BCUT2D eigenvalue weighted by atomic mass is 19.1. The van der Waals surface area contributed by atoms with Crippen LogP contribution in [-0.2, 0) is 4.74 Å². The normalized spacial score (nSPS) is 45.8. The van der Waals surface area contributed by atoms with E-state index in [1.54, 1.807) is 0 Å². The van der Waals surface area contributed by atoms with Crippen LogP contribution in [0, 0.1) is 0 Å². The Morgan fingerprint density at radius 3 is 2.82 bits per heavy atom. The van der Waals surface area contributed by atoms with Gasteiger partial charge < -0.3 is 21.3 Å². The number of hydrogen-bond acceptors (Lipinski definition) is 4. The van der Waals surface area contributed by atoms with Gasteiger partial charge in [-0.15, -0.1) is 0 Å². The van der Waals surface area contributed by atoms with Gasteiger partial charge >= 0.3 is 0 Å². The van der Waals surface area contributed by atoms with E-state index in [1.807, 2.05) is 0 Å². The Morgan fingerprint density at radius 1 is 1.64 bits per heavy atom. The van der Waals surface area contributed by atoms with Gasteiger partial charge in [0.25, 0.3) is 0 Å². The molecule has 0 aliphatic carbocycles. The smallest absolute Gasteiger partial charge is 0.155 e. The standard InChI is InChI=1S/C6H13FN2O2/c7-5-4(1-8)11-2-3(9)6(5)10/h3-6,10H,1-2,8-9H2. The van der Waals surface area contributed by atoms with Crippen molar-refractivity contribution < 1.29 is 14.2 Å². The van der Waals surface area contributed by atoms with E-state index < -0.39 is 24.4 Å². The van der Waals surface area contributed by atoms with Gasteiger partial charge in [0.1, 0.15) is 12.2 Å². The summed E-state index contributed by atoms with van der Waals surface area (Å²) in [7, 11) is 0. The Kier molecular flexibility index (Phi) is 2.78. The van der Waals surface area contributed by atoms with Crippen LogP contribution in [0.2, 0.25) is 0 Å². The molecule has 1 rings (SSSR count). The van der Waals surface area contributed by atoms with Crippen molar-refractivity contribution in [3.63, 3.8) is 0 Å². The maximum absolute atomic E-state index is 13.0. The molecule has 0 radical (unpaired) electrons. The van der Waals surface area contributed by atoms with Gasteiger partial charge in [0.2, 0.25) is 0 Å². The molecular weight excluding hydrogens is 151 g/mol. The molecule has 66 valence electrons. The van der Waals surface area contributed by atoms with Gasteiger partial charge in [-0.3, -0.25) is 0 Å². The lowest BCUT2D eigenvalue weighted by atomic mass is 10.0. The minimum atomic E-state index is -1.45. The summed E-state index contributed by atoms with van der Waals surface area (Å²) in [5.41, 5.74) is 10.5. The highest BCUT2D eigenvalue weighted by Gasteiger charge is 2.37. The predicted molar refractivity (Wildman–Crippen MR) is 37.7 cm³/mol. The first kappa shape index (κ1) is 8.86. The number of rotatable bonds is 1. The number of nitrogens with two attached hydrogens (primary N) is 2. The van der Waals surface area contributed by atoms with Crippen LogP contribution < -0.4 is 11.5 Å². The van der Waals surface area contributed by atoms with Crippen molar-refractivity contribution in [2.75, 3.05) is 13.2 Å². The molecule has 0 saturated carbocycles. The minimum absolute atomic E-state index is 0.0744. The monoisotopic (exact) mass is 164 g/mol. The fourth-order valence-electron chi connectivity index (χ4n) is 1.08. The summed E-state index contributed by atoms with van der Waals surface area (Å²) in [6.45, 7) is 0.244. The third-order valence-electron chi connectivity index (χ3n) is 1.86. The number of hydrogen-bond donors (Lipinski definition) is 3. The van der Waals surface area contributed by atoms with E-state index in [1.165, 1.54) is 0 Å². The molecule has 4 atom stereocenters. The molecule has 0 aromatic carbocycles. The first-order valence-corrected chi connectivity index (χ1v) is 3.56. The van der Waals surface area contributed by atoms with E-state index >= 15 is 0 Å². The van der Waals surface area contributed by atoms with Crippen LogP contribution in [0.1, 0.15) is 0 Å². The lowest BCUT2D eigenvalue weighted by Crippen LogP contribution is -2.56. The molecule has 5 N–H and O–H groups in total. The molecule has 11 heavy (non-hydrogen) atoms. The van der Waals surface area contributed by atoms with Gasteiger partial charge in [-0.1, -0.05) is 0 Å². The van der Waals surface area contributed by atoms with E-state index in [2.05, 4.69) is 0 Å². The van der Waals surface area contributed by atoms with Crippen LogP contribution >= 0.6 is 0 Å². The van der Waals surface area contributed by atoms with Crippen molar-refractivity contribution in [3.8, 4) is 0 Å². The second-order valence-electron chi connectivity index (χ2n) is 2.71. The molecule has 0 spiro atoms. The van der Waals surface area contributed by atoms with Gasteiger partial charge in [0, 0.05) is 6.54 Å². The molecular formula is C6H13FN2O2. The second-order valence-corrected chi connectivity index (χ2v) is 2.71. The molecule has 1 aliphatic heterocycles. The number of halogens is 1. The Bertz CT molecular complexity index is 134. The maximum atomic E-state index is 13.0. The van der Waals surface area contributed by atoms with Crippen molar-refractivity contribution in [1.29, 1.82) is 0 Å². The Morgan fingerprint density at radius 2 is 2.27 bits per heavy atom. The van der Waals surface area contributed by atoms with E-state index in [4.69, 9.17) is 21.3 Å². The predicted octanol–water partition coefficient (Wildman–Crippen LogP) is -1.63. The van der Waals surface area contributed by atoms with Crippen molar-refractivity contribution >= 4 is 0 Å². The summed E-state index contributed by atoms with van der Waals surface area (Å²) in [6, 6.07) is -0.632. The Balaban J connectivity index is 2.52.